The largest absolute Gasteiger partial charge is 0.497 e. The summed E-state index contributed by atoms with van der Waals surface area (Å²) in [4.78, 5) is 25.1. The van der Waals surface area contributed by atoms with E-state index in [0.29, 0.717) is 5.75 Å². The average Bonchev–Trinajstić information content (AvgIpc) is 2.42. The first-order valence-corrected chi connectivity index (χ1v) is 5.54. The number of anilines is 2. The van der Waals surface area contributed by atoms with E-state index in [9.17, 15) is 9.59 Å². The summed E-state index contributed by atoms with van der Waals surface area (Å²) in [6.07, 6.45) is 0. The molecule has 0 unspecified atom stereocenters. The van der Waals surface area contributed by atoms with Gasteiger partial charge < -0.3 is 16.2 Å². The number of nitrogen functional groups attached to an aromatic ring is 2. The zero-order chi connectivity index (χ0) is 14.0. The second kappa shape index (κ2) is 4.89. The van der Waals surface area contributed by atoms with Crippen LogP contribution in [-0.2, 0) is 6.54 Å². The van der Waals surface area contributed by atoms with E-state index in [4.69, 9.17) is 16.2 Å². The minimum Gasteiger partial charge on any atom is -0.497 e. The lowest BCUT2D eigenvalue weighted by Gasteiger charge is -2.10. The Morgan fingerprint density at radius 3 is 2.42 bits per heavy atom. The van der Waals surface area contributed by atoms with Gasteiger partial charge in [0.2, 0.25) is 0 Å². The highest BCUT2D eigenvalue weighted by molar-refractivity contribution is 5.56. The fourth-order valence-electron chi connectivity index (χ4n) is 1.67. The van der Waals surface area contributed by atoms with Gasteiger partial charge in [0.05, 0.1) is 13.7 Å². The maximum atomic E-state index is 11.7. The Hall–Kier alpha value is -2.70. The van der Waals surface area contributed by atoms with Gasteiger partial charge in [-0.1, -0.05) is 12.1 Å². The molecule has 7 heteroatoms. The molecule has 1 aromatic heterocycles. The van der Waals surface area contributed by atoms with E-state index in [1.165, 1.54) is 4.57 Å². The first-order chi connectivity index (χ1) is 9.02. The predicted molar refractivity (Wildman–Crippen MR) is 72.2 cm³/mol. The topological polar surface area (TPSA) is 116 Å². The molecule has 0 atom stereocenters. The maximum absolute atomic E-state index is 11.7. The highest BCUT2D eigenvalue weighted by Crippen LogP contribution is 2.13. The monoisotopic (exact) mass is 262 g/mol. The molecule has 0 bridgehead atoms. The van der Waals surface area contributed by atoms with E-state index in [0.717, 1.165) is 5.56 Å². The van der Waals surface area contributed by atoms with Gasteiger partial charge in [0.25, 0.3) is 5.56 Å². The standard InChI is InChI=1S/C12H14N4O3/c1-19-8-4-2-7(3-5-8)6-16-10(14)9(13)11(17)15-12(16)18/h2-5H,6,13-14H2,1H3,(H,15,17,18). The summed E-state index contributed by atoms with van der Waals surface area (Å²) in [5.41, 5.74) is 10.6. The van der Waals surface area contributed by atoms with Crippen LogP contribution in [0.1, 0.15) is 5.56 Å². The van der Waals surface area contributed by atoms with Crippen LogP contribution in [0.5, 0.6) is 5.75 Å². The normalized spacial score (nSPS) is 10.4. The quantitative estimate of drug-likeness (QED) is 0.705. The second-order valence-corrected chi connectivity index (χ2v) is 3.99. The molecule has 0 amide bonds. The lowest BCUT2D eigenvalue weighted by Crippen LogP contribution is -2.34. The highest BCUT2D eigenvalue weighted by Gasteiger charge is 2.09. The van der Waals surface area contributed by atoms with Crippen molar-refractivity contribution in [1.29, 1.82) is 0 Å². The fourth-order valence-corrected chi connectivity index (χ4v) is 1.67. The molecule has 5 N–H and O–H groups in total. The summed E-state index contributed by atoms with van der Waals surface area (Å²) in [6, 6.07) is 7.13. The molecule has 2 rings (SSSR count). The molecule has 100 valence electrons. The fraction of sp³-hybridized carbons (Fsp3) is 0.167. The van der Waals surface area contributed by atoms with Gasteiger partial charge in [0.15, 0.2) is 0 Å². The van der Waals surface area contributed by atoms with Gasteiger partial charge in [-0.2, -0.15) is 0 Å². The van der Waals surface area contributed by atoms with Crippen LogP contribution < -0.4 is 27.5 Å². The van der Waals surface area contributed by atoms with Crippen molar-refractivity contribution in [1.82, 2.24) is 9.55 Å². The third-order valence-corrected chi connectivity index (χ3v) is 2.78. The zero-order valence-corrected chi connectivity index (χ0v) is 10.3. The van der Waals surface area contributed by atoms with Crippen molar-refractivity contribution in [2.45, 2.75) is 6.54 Å². The Balaban J connectivity index is 2.40. The van der Waals surface area contributed by atoms with E-state index in [1.807, 2.05) is 0 Å². The lowest BCUT2D eigenvalue weighted by atomic mass is 10.2. The SMILES string of the molecule is COc1ccc(Cn2c(N)c(N)c(=O)[nH]c2=O)cc1. The Bertz CT molecular complexity index is 700. The summed E-state index contributed by atoms with van der Waals surface area (Å²) in [5, 5.41) is 0. The van der Waals surface area contributed by atoms with Crippen LogP contribution in [0, 0.1) is 0 Å². The average molecular weight is 262 g/mol. The number of aromatic amines is 1. The van der Waals surface area contributed by atoms with Crippen LogP contribution in [-0.4, -0.2) is 16.7 Å². The second-order valence-electron chi connectivity index (χ2n) is 3.99. The number of hydrogen-bond donors (Lipinski definition) is 3. The molecule has 1 aromatic carbocycles. The molecule has 0 radical (unpaired) electrons. The van der Waals surface area contributed by atoms with Crippen LogP contribution in [0.4, 0.5) is 11.5 Å². The molecule has 0 fully saturated rings. The Labute approximate surface area is 108 Å². The molecular formula is C12H14N4O3. The third kappa shape index (κ3) is 2.44. The number of nitrogens with two attached hydrogens (primary N) is 2. The summed E-state index contributed by atoms with van der Waals surface area (Å²) >= 11 is 0. The highest BCUT2D eigenvalue weighted by atomic mass is 16.5. The van der Waals surface area contributed by atoms with Gasteiger partial charge in [-0.05, 0) is 17.7 Å². The lowest BCUT2D eigenvalue weighted by molar-refractivity contribution is 0.414. The number of aromatic nitrogens is 2. The Morgan fingerprint density at radius 1 is 1.21 bits per heavy atom. The summed E-state index contributed by atoms with van der Waals surface area (Å²) in [5.74, 6) is 0.676. The molecule has 1 heterocycles. The first kappa shape index (κ1) is 12.7. The van der Waals surface area contributed by atoms with Gasteiger partial charge in [0, 0.05) is 0 Å². The summed E-state index contributed by atoms with van der Waals surface area (Å²) < 4.78 is 6.25. The molecule has 0 aliphatic carbocycles. The van der Waals surface area contributed by atoms with E-state index in [1.54, 1.807) is 31.4 Å². The van der Waals surface area contributed by atoms with Crippen molar-refractivity contribution in [3.8, 4) is 5.75 Å². The van der Waals surface area contributed by atoms with Crippen molar-refractivity contribution < 1.29 is 4.74 Å². The predicted octanol–water partition coefficient (Wildman–Crippen LogP) is -0.242. The van der Waals surface area contributed by atoms with Crippen LogP contribution in [0.25, 0.3) is 0 Å². The molecule has 19 heavy (non-hydrogen) atoms. The van der Waals surface area contributed by atoms with E-state index >= 15 is 0 Å². The van der Waals surface area contributed by atoms with Gasteiger partial charge in [-0.25, -0.2) is 4.79 Å². The molecule has 0 aliphatic heterocycles. The Kier molecular flexibility index (Phi) is 3.28. The number of H-pyrrole nitrogens is 1. The van der Waals surface area contributed by atoms with Crippen LogP contribution in [0.2, 0.25) is 0 Å². The number of benzene rings is 1. The van der Waals surface area contributed by atoms with Gasteiger partial charge in [0.1, 0.15) is 17.3 Å². The minimum atomic E-state index is -0.673. The summed E-state index contributed by atoms with van der Waals surface area (Å²) in [6.45, 7) is 0.218. The molecule has 7 nitrogen and oxygen atoms in total. The minimum absolute atomic E-state index is 0.0374. The van der Waals surface area contributed by atoms with Crippen molar-refractivity contribution in [3.05, 3.63) is 50.7 Å². The molecular weight excluding hydrogens is 248 g/mol. The number of nitrogens with one attached hydrogen (secondary N) is 1. The Morgan fingerprint density at radius 2 is 1.84 bits per heavy atom. The van der Waals surface area contributed by atoms with Crippen molar-refractivity contribution in [2.24, 2.45) is 0 Å². The first-order valence-electron chi connectivity index (χ1n) is 5.54. The van der Waals surface area contributed by atoms with Crippen molar-refractivity contribution in [2.75, 3.05) is 18.6 Å². The van der Waals surface area contributed by atoms with Gasteiger partial charge in [-0.3, -0.25) is 14.3 Å². The third-order valence-electron chi connectivity index (χ3n) is 2.78. The molecule has 0 aliphatic rings. The zero-order valence-electron chi connectivity index (χ0n) is 10.3. The number of ether oxygens (including phenoxy) is 1. The van der Waals surface area contributed by atoms with E-state index in [2.05, 4.69) is 4.98 Å². The smallest absolute Gasteiger partial charge is 0.330 e. The number of hydrogen-bond acceptors (Lipinski definition) is 5. The molecule has 0 saturated heterocycles. The summed E-state index contributed by atoms with van der Waals surface area (Å²) in [7, 11) is 1.57. The maximum Gasteiger partial charge on any atom is 0.330 e. The van der Waals surface area contributed by atoms with Gasteiger partial charge >= 0.3 is 5.69 Å². The van der Waals surface area contributed by atoms with Crippen LogP contribution in [0.15, 0.2) is 33.9 Å². The number of nitrogens with zero attached hydrogens (tertiary/aromatic N) is 1. The van der Waals surface area contributed by atoms with Gasteiger partial charge in [-0.15, -0.1) is 0 Å². The molecule has 0 saturated carbocycles. The number of methoxy groups -OCH3 is 1. The van der Waals surface area contributed by atoms with Crippen LogP contribution >= 0.6 is 0 Å². The van der Waals surface area contributed by atoms with Crippen molar-refractivity contribution >= 4 is 11.5 Å². The van der Waals surface area contributed by atoms with Crippen LogP contribution in [0.3, 0.4) is 0 Å². The molecule has 0 spiro atoms. The van der Waals surface area contributed by atoms with E-state index in [-0.39, 0.29) is 18.1 Å². The molecule has 2 aromatic rings. The van der Waals surface area contributed by atoms with E-state index < -0.39 is 11.2 Å². The number of rotatable bonds is 3. The van der Waals surface area contributed by atoms with Crippen molar-refractivity contribution in [3.63, 3.8) is 0 Å².